The van der Waals surface area contributed by atoms with Gasteiger partial charge in [-0.05, 0) is 12.1 Å². The highest BCUT2D eigenvalue weighted by Crippen LogP contribution is 2.08. The molecular weight excluding hydrogens is 300 g/mol. The molecule has 0 aromatic carbocycles. The zero-order valence-corrected chi connectivity index (χ0v) is 12.3. The summed E-state index contributed by atoms with van der Waals surface area (Å²) in [5.74, 6) is 0.288. The van der Waals surface area contributed by atoms with Gasteiger partial charge < -0.3 is 10.3 Å². The van der Waals surface area contributed by atoms with Gasteiger partial charge in [-0.3, -0.25) is 24.1 Å². The molecule has 0 aliphatic carbocycles. The molecule has 0 fully saturated rings. The Hall–Kier alpha value is -3.23. The number of carbonyl (C=O) groups is 1. The number of imidazole rings is 1. The molecule has 9 nitrogen and oxygen atoms in total. The molecule has 3 rings (SSSR count). The number of rotatable bonds is 4. The van der Waals surface area contributed by atoms with Gasteiger partial charge in [-0.15, -0.1) is 0 Å². The average Bonchev–Trinajstić information content (AvgIpc) is 2.97. The van der Waals surface area contributed by atoms with Crippen molar-refractivity contribution < 1.29 is 4.79 Å². The number of nitrogens with one attached hydrogen (secondary N) is 3. The maximum absolute atomic E-state index is 11.9. The van der Waals surface area contributed by atoms with Gasteiger partial charge in [-0.2, -0.15) is 0 Å². The number of amides is 1. The summed E-state index contributed by atoms with van der Waals surface area (Å²) in [6.07, 6.45) is 3.68. The zero-order chi connectivity index (χ0) is 16.4. The van der Waals surface area contributed by atoms with Crippen molar-refractivity contribution in [3.05, 3.63) is 51.2 Å². The fraction of sp³-hybridized carbons (Fsp3) is 0.214. The summed E-state index contributed by atoms with van der Waals surface area (Å²) < 4.78 is 1.24. The summed E-state index contributed by atoms with van der Waals surface area (Å²) in [7, 11) is 1.52. The minimum absolute atomic E-state index is 0.181. The van der Waals surface area contributed by atoms with Gasteiger partial charge in [-0.1, -0.05) is 0 Å². The number of carbonyl (C=O) groups excluding carboxylic acids is 1. The zero-order valence-electron chi connectivity index (χ0n) is 12.3. The van der Waals surface area contributed by atoms with Crippen LogP contribution < -0.4 is 16.6 Å². The van der Waals surface area contributed by atoms with Crippen LogP contribution in [0.1, 0.15) is 12.2 Å². The number of H-pyrrole nitrogens is 2. The van der Waals surface area contributed by atoms with Crippen LogP contribution in [0.25, 0.3) is 11.2 Å². The van der Waals surface area contributed by atoms with E-state index >= 15 is 0 Å². The van der Waals surface area contributed by atoms with E-state index in [0.717, 1.165) is 0 Å². The molecule has 0 aliphatic rings. The lowest BCUT2D eigenvalue weighted by Crippen LogP contribution is -2.28. The van der Waals surface area contributed by atoms with Crippen LogP contribution in [0.3, 0.4) is 0 Å². The van der Waals surface area contributed by atoms with E-state index in [0.29, 0.717) is 17.9 Å². The fourth-order valence-corrected chi connectivity index (χ4v) is 2.16. The van der Waals surface area contributed by atoms with Gasteiger partial charge in [0.2, 0.25) is 5.91 Å². The van der Waals surface area contributed by atoms with Crippen LogP contribution in [0.15, 0.2) is 34.1 Å². The van der Waals surface area contributed by atoms with E-state index < -0.39 is 11.2 Å². The molecule has 0 bridgehead atoms. The number of aromatic nitrogens is 5. The Labute approximate surface area is 129 Å². The third-order valence-corrected chi connectivity index (χ3v) is 3.36. The Morgan fingerprint density at radius 3 is 2.74 bits per heavy atom. The summed E-state index contributed by atoms with van der Waals surface area (Å²) in [5.41, 5.74) is 0.0902. The van der Waals surface area contributed by atoms with Gasteiger partial charge in [0.15, 0.2) is 5.65 Å². The lowest BCUT2D eigenvalue weighted by atomic mass is 10.2. The molecule has 0 spiro atoms. The van der Waals surface area contributed by atoms with E-state index in [1.807, 2.05) is 0 Å². The number of nitrogens with zero attached hydrogens (tertiary/aromatic N) is 3. The average molecular weight is 314 g/mol. The minimum Gasteiger partial charge on any atom is -0.336 e. The Kier molecular flexibility index (Phi) is 3.75. The number of hydrogen-bond acceptors (Lipinski definition) is 5. The van der Waals surface area contributed by atoms with Crippen LogP contribution in [0.5, 0.6) is 0 Å². The maximum Gasteiger partial charge on any atom is 0.329 e. The van der Waals surface area contributed by atoms with Gasteiger partial charge in [0.25, 0.3) is 5.56 Å². The second kappa shape index (κ2) is 5.87. The standard InChI is InChI=1S/C14H14N6O3/c1-20-12-11(13(22)19-14(20)23)17-9(18-12)2-3-10(21)16-8-4-6-15-7-5-8/h4-7H,2-3H2,1H3,(H,17,18)(H,15,16,21)(H,19,22,23). The van der Waals surface area contributed by atoms with Crippen molar-refractivity contribution in [2.45, 2.75) is 12.8 Å². The molecule has 3 aromatic heterocycles. The molecule has 0 atom stereocenters. The second-order valence-electron chi connectivity index (χ2n) is 4.98. The Morgan fingerprint density at radius 1 is 1.26 bits per heavy atom. The number of aromatic amines is 2. The quantitative estimate of drug-likeness (QED) is 0.621. The first kappa shape index (κ1) is 14.7. The van der Waals surface area contributed by atoms with Crippen molar-refractivity contribution in [3.63, 3.8) is 0 Å². The fourth-order valence-electron chi connectivity index (χ4n) is 2.16. The van der Waals surface area contributed by atoms with Crippen LogP contribution in [0.4, 0.5) is 5.69 Å². The highest BCUT2D eigenvalue weighted by atomic mass is 16.2. The van der Waals surface area contributed by atoms with Gasteiger partial charge >= 0.3 is 5.69 Å². The van der Waals surface area contributed by atoms with Gasteiger partial charge in [-0.25, -0.2) is 9.78 Å². The van der Waals surface area contributed by atoms with E-state index in [9.17, 15) is 14.4 Å². The third kappa shape index (κ3) is 3.03. The summed E-state index contributed by atoms with van der Waals surface area (Å²) in [5, 5.41) is 2.73. The van der Waals surface area contributed by atoms with Gasteiger partial charge in [0, 0.05) is 38.0 Å². The normalized spacial score (nSPS) is 10.8. The van der Waals surface area contributed by atoms with Crippen molar-refractivity contribution in [2.24, 2.45) is 7.05 Å². The highest BCUT2D eigenvalue weighted by molar-refractivity contribution is 5.90. The predicted molar refractivity (Wildman–Crippen MR) is 83.1 cm³/mol. The monoisotopic (exact) mass is 314 g/mol. The highest BCUT2D eigenvalue weighted by Gasteiger charge is 2.12. The Balaban J connectivity index is 1.74. The number of pyridine rings is 1. The lowest BCUT2D eigenvalue weighted by Gasteiger charge is -2.03. The summed E-state index contributed by atoms with van der Waals surface area (Å²) in [4.78, 5) is 48.2. The maximum atomic E-state index is 11.9. The number of hydrogen-bond donors (Lipinski definition) is 3. The number of aryl methyl sites for hydroxylation is 2. The van der Waals surface area contributed by atoms with Crippen LogP contribution in [-0.4, -0.2) is 30.4 Å². The smallest absolute Gasteiger partial charge is 0.329 e. The van der Waals surface area contributed by atoms with Crippen LogP contribution in [0, 0.1) is 0 Å². The summed E-state index contributed by atoms with van der Waals surface area (Å²) in [6.45, 7) is 0. The molecule has 23 heavy (non-hydrogen) atoms. The first-order chi connectivity index (χ1) is 11.0. The van der Waals surface area contributed by atoms with Crippen molar-refractivity contribution in [3.8, 4) is 0 Å². The molecule has 0 saturated heterocycles. The largest absolute Gasteiger partial charge is 0.336 e. The second-order valence-corrected chi connectivity index (χ2v) is 4.98. The molecule has 0 unspecified atom stereocenters. The van der Waals surface area contributed by atoms with E-state index in [-0.39, 0.29) is 23.5 Å². The molecule has 3 N–H and O–H groups in total. The topological polar surface area (TPSA) is 126 Å². The molecule has 0 aliphatic heterocycles. The molecule has 9 heteroatoms. The minimum atomic E-state index is -0.531. The first-order valence-corrected chi connectivity index (χ1v) is 6.92. The molecule has 3 aromatic rings. The van der Waals surface area contributed by atoms with Crippen molar-refractivity contribution in [1.29, 1.82) is 0 Å². The first-order valence-electron chi connectivity index (χ1n) is 6.92. The lowest BCUT2D eigenvalue weighted by molar-refractivity contribution is -0.116. The van der Waals surface area contributed by atoms with E-state index in [2.05, 4.69) is 25.3 Å². The number of anilines is 1. The SMILES string of the molecule is Cn1c(=O)[nH]c(=O)c2[nH]c(CCC(=O)Nc3ccncc3)nc21. The Bertz CT molecular complexity index is 970. The van der Waals surface area contributed by atoms with Crippen molar-refractivity contribution in [1.82, 2.24) is 24.5 Å². The van der Waals surface area contributed by atoms with Crippen LogP contribution in [-0.2, 0) is 18.3 Å². The molecular formula is C14H14N6O3. The Morgan fingerprint density at radius 2 is 2.00 bits per heavy atom. The van der Waals surface area contributed by atoms with Crippen LogP contribution >= 0.6 is 0 Å². The van der Waals surface area contributed by atoms with Gasteiger partial charge in [0.1, 0.15) is 11.3 Å². The molecule has 3 heterocycles. The van der Waals surface area contributed by atoms with Crippen LogP contribution in [0.2, 0.25) is 0 Å². The van der Waals surface area contributed by atoms with E-state index in [1.165, 1.54) is 11.6 Å². The molecule has 0 radical (unpaired) electrons. The van der Waals surface area contributed by atoms with Gasteiger partial charge in [0.05, 0.1) is 0 Å². The summed E-state index contributed by atoms with van der Waals surface area (Å²) in [6, 6.07) is 3.38. The van der Waals surface area contributed by atoms with Crippen molar-refractivity contribution >= 4 is 22.8 Å². The third-order valence-electron chi connectivity index (χ3n) is 3.36. The molecule has 118 valence electrons. The molecule has 0 saturated carbocycles. The number of fused-ring (bicyclic) bond motifs is 1. The van der Waals surface area contributed by atoms with E-state index in [1.54, 1.807) is 24.5 Å². The summed E-state index contributed by atoms with van der Waals surface area (Å²) >= 11 is 0. The van der Waals surface area contributed by atoms with Crippen molar-refractivity contribution in [2.75, 3.05) is 5.32 Å². The molecule has 1 amide bonds. The van der Waals surface area contributed by atoms with E-state index in [4.69, 9.17) is 0 Å². The predicted octanol–water partition coefficient (Wildman–Crippen LogP) is -0.0838.